The van der Waals surface area contributed by atoms with E-state index < -0.39 is 6.04 Å². The molecule has 0 fully saturated rings. The number of nitrogen functional groups attached to an aromatic ring is 1. The zero-order valence-corrected chi connectivity index (χ0v) is 15.7. The first-order valence-electron chi connectivity index (χ1n) is 6.83. The quantitative estimate of drug-likeness (QED) is 0.412. The molecule has 6 nitrogen and oxygen atoms in total. The Morgan fingerprint density at radius 1 is 1.42 bits per heavy atom. The molecule has 0 bridgehead atoms. The van der Waals surface area contributed by atoms with Crippen LogP contribution >= 0.6 is 46.8 Å². The fourth-order valence-corrected chi connectivity index (χ4v) is 3.53. The molecule has 0 aliphatic carbocycles. The molecule has 0 radical (unpaired) electrons. The maximum atomic E-state index is 11.9. The number of imidazole rings is 1. The summed E-state index contributed by atoms with van der Waals surface area (Å²) in [5.41, 5.74) is 6.02. The minimum absolute atomic E-state index is 0.321. The van der Waals surface area contributed by atoms with Gasteiger partial charge in [0.25, 0.3) is 0 Å². The lowest BCUT2D eigenvalue weighted by Gasteiger charge is -2.16. The Balaban J connectivity index is 2.01. The summed E-state index contributed by atoms with van der Waals surface area (Å²) in [6, 6.07) is 2.79. The van der Waals surface area contributed by atoms with E-state index >= 15 is 0 Å². The third-order valence-corrected chi connectivity index (χ3v) is 4.99. The summed E-state index contributed by atoms with van der Waals surface area (Å²) in [5.74, 6) is -0.383. The molecule has 3 N–H and O–H groups in total. The molecule has 0 spiro atoms. The number of nitrogens with two attached hydrogens (primary N) is 1. The van der Waals surface area contributed by atoms with Crippen LogP contribution in [0.2, 0.25) is 15.3 Å². The zero-order valence-electron chi connectivity index (χ0n) is 12.6. The van der Waals surface area contributed by atoms with Crippen LogP contribution in [0.4, 0.5) is 5.69 Å². The highest BCUT2D eigenvalue weighted by Gasteiger charge is 2.20. The van der Waals surface area contributed by atoms with Crippen molar-refractivity contribution in [3.05, 3.63) is 39.9 Å². The highest BCUT2D eigenvalue weighted by molar-refractivity contribution is 7.97. The minimum Gasteiger partial charge on any atom is -0.468 e. The van der Waals surface area contributed by atoms with Crippen LogP contribution in [0.3, 0.4) is 0 Å². The summed E-state index contributed by atoms with van der Waals surface area (Å²) in [6.07, 6.45) is 3.80. The first-order valence-corrected chi connectivity index (χ1v) is 8.78. The molecule has 0 amide bonds. The van der Waals surface area contributed by atoms with Crippen LogP contribution in [0.5, 0.6) is 0 Å². The number of rotatable bonds is 7. The predicted octanol–water partition coefficient (Wildman–Crippen LogP) is 3.65. The Bertz CT molecular complexity index is 703. The number of aryl methyl sites for hydroxylation is 1. The molecule has 10 heteroatoms. The predicted molar refractivity (Wildman–Crippen MR) is 97.5 cm³/mol. The molecule has 1 aromatic heterocycles. The molecule has 1 atom stereocenters. The lowest BCUT2D eigenvalue weighted by atomic mass is 10.2. The lowest BCUT2D eigenvalue weighted by molar-refractivity contribution is -0.142. The van der Waals surface area contributed by atoms with Gasteiger partial charge < -0.3 is 15.0 Å². The van der Waals surface area contributed by atoms with E-state index in [1.165, 1.54) is 19.1 Å². The molecular weight excluding hydrogens is 395 g/mol. The third-order valence-electron chi connectivity index (χ3n) is 3.18. The largest absolute Gasteiger partial charge is 0.468 e. The molecule has 2 rings (SSSR count). The molecule has 1 aromatic carbocycles. The van der Waals surface area contributed by atoms with Crippen LogP contribution in [0.25, 0.3) is 0 Å². The van der Waals surface area contributed by atoms with Crippen molar-refractivity contribution in [2.45, 2.75) is 23.9 Å². The molecule has 1 heterocycles. The van der Waals surface area contributed by atoms with E-state index in [1.54, 1.807) is 29.1 Å². The summed E-state index contributed by atoms with van der Waals surface area (Å²) in [4.78, 5) is 16.6. The van der Waals surface area contributed by atoms with Crippen LogP contribution in [0, 0.1) is 0 Å². The number of aromatic nitrogens is 2. The monoisotopic (exact) mass is 408 g/mol. The van der Waals surface area contributed by atoms with Crippen molar-refractivity contribution in [3.63, 3.8) is 0 Å². The number of carbonyl (C=O) groups is 1. The Kier molecular flexibility index (Phi) is 7.06. The van der Waals surface area contributed by atoms with Crippen molar-refractivity contribution >= 4 is 58.4 Å². The molecule has 0 aliphatic rings. The molecule has 1 unspecified atom stereocenters. The number of hydrogen-bond donors (Lipinski definition) is 2. The number of methoxy groups -OCH3 is 1. The highest BCUT2D eigenvalue weighted by atomic mass is 35.5. The average molecular weight is 410 g/mol. The van der Waals surface area contributed by atoms with Gasteiger partial charge >= 0.3 is 5.97 Å². The van der Waals surface area contributed by atoms with E-state index in [2.05, 4.69) is 9.71 Å². The fourth-order valence-electron chi connectivity index (χ4n) is 1.87. The maximum absolute atomic E-state index is 11.9. The first-order chi connectivity index (χ1) is 11.4. The number of halogens is 3. The SMILES string of the molecule is COC(=O)C(CCn1ccnc1Cl)NSc1cc(Cl)c(N)c(Cl)c1. The molecule has 130 valence electrons. The van der Waals surface area contributed by atoms with Gasteiger partial charge in [-0.3, -0.25) is 4.79 Å². The summed E-state index contributed by atoms with van der Waals surface area (Å²) in [5, 5.41) is 1.07. The van der Waals surface area contributed by atoms with Gasteiger partial charge in [-0.05, 0) is 42.1 Å². The van der Waals surface area contributed by atoms with Crippen molar-refractivity contribution in [2.75, 3.05) is 12.8 Å². The van der Waals surface area contributed by atoms with E-state index in [1.807, 2.05) is 0 Å². The summed E-state index contributed by atoms with van der Waals surface area (Å²) in [7, 11) is 1.34. The number of anilines is 1. The van der Waals surface area contributed by atoms with Gasteiger partial charge in [0.15, 0.2) is 0 Å². The average Bonchev–Trinajstić information content (AvgIpc) is 2.97. The van der Waals surface area contributed by atoms with Gasteiger partial charge in [0.2, 0.25) is 5.28 Å². The Labute approximate surface area is 158 Å². The number of esters is 1. The van der Waals surface area contributed by atoms with Crippen molar-refractivity contribution < 1.29 is 9.53 Å². The van der Waals surface area contributed by atoms with E-state index in [0.717, 1.165) is 4.90 Å². The van der Waals surface area contributed by atoms with Crippen molar-refractivity contribution in [2.24, 2.45) is 0 Å². The smallest absolute Gasteiger partial charge is 0.323 e. The van der Waals surface area contributed by atoms with Gasteiger partial charge in [-0.2, -0.15) is 0 Å². The molecule has 2 aromatic rings. The number of benzene rings is 1. The van der Waals surface area contributed by atoms with Crippen LogP contribution in [-0.2, 0) is 16.1 Å². The van der Waals surface area contributed by atoms with Gasteiger partial charge in [0.1, 0.15) is 6.04 Å². The fraction of sp³-hybridized carbons (Fsp3) is 0.286. The Morgan fingerprint density at radius 2 is 2.08 bits per heavy atom. The molecule has 0 aliphatic heterocycles. The normalized spacial score (nSPS) is 12.2. The summed E-state index contributed by atoms with van der Waals surface area (Å²) >= 11 is 19.2. The van der Waals surface area contributed by atoms with Gasteiger partial charge in [0, 0.05) is 23.8 Å². The second-order valence-corrected chi connectivity index (χ2v) is 6.84. The number of hydrogen-bond acceptors (Lipinski definition) is 6. The second kappa shape index (κ2) is 8.82. The minimum atomic E-state index is -0.548. The Hall–Kier alpha value is -1.12. The summed E-state index contributed by atoms with van der Waals surface area (Å²) < 4.78 is 9.61. The van der Waals surface area contributed by atoms with Gasteiger partial charge in [-0.25, -0.2) is 9.71 Å². The highest BCUT2D eigenvalue weighted by Crippen LogP contribution is 2.32. The maximum Gasteiger partial charge on any atom is 0.323 e. The molecule has 0 saturated heterocycles. The second-order valence-electron chi connectivity index (χ2n) is 4.77. The lowest BCUT2D eigenvalue weighted by Crippen LogP contribution is -2.34. The van der Waals surface area contributed by atoms with Crippen LogP contribution in [-0.4, -0.2) is 28.7 Å². The third kappa shape index (κ3) is 4.94. The first kappa shape index (κ1) is 19.2. The van der Waals surface area contributed by atoms with Crippen LogP contribution < -0.4 is 10.5 Å². The van der Waals surface area contributed by atoms with E-state index in [9.17, 15) is 4.79 Å². The van der Waals surface area contributed by atoms with E-state index in [-0.39, 0.29) is 5.97 Å². The molecular formula is C14H15Cl3N4O2S. The molecule has 24 heavy (non-hydrogen) atoms. The van der Waals surface area contributed by atoms with E-state index in [0.29, 0.717) is 34.0 Å². The zero-order chi connectivity index (χ0) is 17.7. The van der Waals surface area contributed by atoms with E-state index in [4.69, 9.17) is 45.3 Å². The number of nitrogens with one attached hydrogen (secondary N) is 1. The van der Waals surface area contributed by atoms with Gasteiger partial charge in [0.05, 0.1) is 22.8 Å². The van der Waals surface area contributed by atoms with Crippen LogP contribution in [0.1, 0.15) is 6.42 Å². The van der Waals surface area contributed by atoms with Crippen molar-refractivity contribution in [1.29, 1.82) is 0 Å². The number of ether oxygens (including phenoxy) is 1. The number of nitrogens with zero attached hydrogens (tertiary/aromatic N) is 2. The van der Waals surface area contributed by atoms with Crippen molar-refractivity contribution in [3.8, 4) is 0 Å². The van der Waals surface area contributed by atoms with Gasteiger partial charge in [-0.15, -0.1) is 0 Å². The molecule has 0 saturated carbocycles. The Morgan fingerprint density at radius 3 is 2.62 bits per heavy atom. The van der Waals surface area contributed by atoms with Crippen LogP contribution in [0.15, 0.2) is 29.4 Å². The number of carbonyl (C=O) groups excluding carboxylic acids is 1. The van der Waals surface area contributed by atoms with Crippen molar-refractivity contribution in [1.82, 2.24) is 14.3 Å². The topological polar surface area (TPSA) is 82.2 Å². The van der Waals surface area contributed by atoms with Gasteiger partial charge in [-0.1, -0.05) is 23.2 Å². The standard InChI is InChI=1S/C14H15Cl3N4O2S/c1-23-13(22)11(2-4-21-5-3-19-14(21)17)20-24-8-6-9(15)12(18)10(16)7-8/h3,5-7,11,20H,2,4,18H2,1H3. The summed E-state index contributed by atoms with van der Waals surface area (Å²) in [6.45, 7) is 0.509.